The number of amides is 1. The largest absolute Gasteiger partial charge is 0.495 e. The van der Waals surface area contributed by atoms with E-state index in [0.717, 1.165) is 6.07 Å². The molecule has 1 aromatic heterocycles. The standard InChI is InChI=1S/C18H13ClFN3O5/c1-9-15(17(22-28-9)16-11(19)4-3-5-12(16)20)18(24)21-13-8-10(23(25)26)6-7-14(13)27-2/h3-8H,1-2H3,(H,21,24). The van der Waals surface area contributed by atoms with Crippen LogP contribution in [0.25, 0.3) is 11.3 Å². The van der Waals surface area contributed by atoms with Crippen LogP contribution in [-0.2, 0) is 0 Å². The Morgan fingerprint density at radius 1 is 1.36 bits per heavy atom. The van der Waals surface area contributed by atoms with Crippen molar-refractivity contribution in [3.05, 3.63) is 68.7 Å². The topological polar surface area (TPSA) is 108 Å². The maximum atomic E-state index is 14.3. The summed E-state index contributed by atoms with van der Waals surface area (Å²) in [5.41, 5.74) is -0.399. The minimum atomic E-state index is -0.716. The van der Waals surface area contributed by atoms with Gasteiger partial charge < -0.3 is 14.6 Å². The zero-order valence-electron chi connectivity index (χ0n) is 14.7. The number of nitrogens with one attached hydrogen (secondary N) is 1. The molecule has 0 atom stereocenters. The quantitative estimate of drug-likeness (QED) is 0.490. The van der Waals surface area contributed by atoms with Crippen molar-refractivity contribution in [3.8, 4) is 17.0 Å². The Hall–Kier alpha value is -3.46. The van der Waals surface area contributed by atoms with Crippen molar-refractivity contribution in [1.29, 1.82) is 0 Å². The molecule has 0 aliphatic rings. The van der Waals surface area contributed by atoms with Gasteiger partial charge in [-0.1, -0.05) is 22.8 Å². The molecule has 3 aromatic rings. The fraction of sp³-hybridized carbons (Fsp3) is 0.111. The van der Waals surface area contributed by atoms with Crippen LogP contribution in [0.4, 0.5) is 15.8 Å². The lowest BCUT2D eigenvalue weighted by Gasteiger charge is -2.10. The third kappa shape index (κ3) is 3.52. The molecular weight excluding hydrogens is 393 g/mol. The van der Waals surface area contributed by atoms with E-state index >= 15 is 0 Å². The maximum absolute atomic E-state index is 14.3. The van der Waals surface area contributed by atoms with Gasteiger partial charge in [-0.15, -0.1) is 0 Å². The van der Waals surface area contributed by atoms with E-state index in [9.17, 15) is 19.3 Å². The number of hydrogen-bond acceptors (Lipinski definition) is 6. The van der Waals surface area contributed by atoms with Gasteiger partial charge in [0.05, 0.1) is 28.3 Å². The van der Waals surface area contributed by atoms with Gasteiger partial charge in [-0.3, -0.25) is 14.9 Å². The number of carbonyl (C=O) groups is 1. The molecule has 0 saturated carbocycles. The molecule has 0 radical (unpaired) electrons. The Balaban J connectivity index is 2.05. The molecule has 144 valence electrons. The van der Waals surface area contributed by atoms with Crippen molar-refractivity contribution in [2.75, 3.05) is 12.4 Å². The summed E-state index contributed by atoms with van der Waals surface area (Å²) in [4.78, 5) is 23.3. The van der Waals surface area contributed by atoms with E-state index in [1.807, 2.05) is 0 Å². The molecule has 0 aliphatic carbocycles. The first kappa shape index (κ1) is 19.3. The van der Waals surface area contributed by atoms with E-state index in [1.165, 1.54) is 44.4 Å². The third-order valence-corrected chi connectivity index (χ3v) is 4.25. The second-order valence-electron chi connectivity index (χ2n) is 5.65. The molecule has 0 fully saturated rings. The first-order valence-electron chi connectivity index (χ1n) is 7.88. The average Bonchev–Trinajstić information content (AvgIpc) is 3.02. The number of ether oxygens (including phenoxy) is 1. The van der Waals surface area contributed by atoms with Crippen molar-refractivity contribution in [2.45, 2.75) is 6.92 Å². The molecule has 3 rings (SSSR count). The SMILES string of the molecule is COc1ccc([N+](=O)[O-])cc1NC(=O)c1c(-c2c(F)cccc2Cl)noc1C. The van der Waals surface area contributed by atoms with Gasteiger partial charge in [0, 0.05) is 12.1 Å². The molecule has 0 unspecified atom stereocenters. The van der Waals surface area contributed by atoms with Crippen LogP contribution in [-0.4, -0.2) is 23.1 Å². The van der Waals surface area contributed by atoms with E-state index in [-0.39, 0.29) is 44.7 Å². The molecule has 2 aromatic carbocycles. The van der Waals surface area contributed by atoms with Crippen LogP contribution < -0.4 is 10.1 Å². The second-order valence-corrected chi connectivity index (χ2v) is 6.06. The fourth-order valence-corrected chi connectivity index (χ4v) is 2.88. The number of carbonyl (C=O) groups excluding carboxylic acids is 1. The molecule has 0 bridgehead atoms. The van der Waals surface area contributed by atoms with Crippen molar-refractivity contribution in [2.24, 2.45) is 0 Å². The molecule has 1 amide bonds. The summed E-state index contributed by atoms with van der Waals surface area (Å²) in [5, 5.41) is 17.3. The smallest absolute Gasteiger partial charge is 0.271 e. The lowest BCUT2D eigenvalue weighted by molar-refractivity contribution is -0.384. The van der Waals surface area contributed by atoms with Gasteiger partial charge in [-0.05, 0) is 25.1 Å². The summed E-state index contributed by atoms with van der Waals surface area (Å²) in [6, 6.07) is 7.79. The van der Waals surface area contributed by atoms with Crippen molar-refractivity contribution >= 4 is 28.9 Å². The first-order valence-corrected chi connectivity index (χ1v) is 8.25. The number of rotatable bonds is 5. The molecule has 1 heterocycles. The molecule has 1 N–H and O–H groups in total. The van der Waals surface area contributed by atoms with Gasteiger partial charge in [0.1, 0.15) is 28.6 Å². The van der Waals surface area contributed by atoms with Gasteiger partial charge in [0.25, 0.3) is 11.6 Å². The number of non-ortho nitro benzene ring substituents is 1. The lowest BCUT2D eigenvalue weighted by Crippen LogP contribution is -2.14. The Kier molecular flexibility index (Phi) is 5.27. The number of benzene rings is 2. The Bertz CT molecular complexity index is 1060. The highest BCUT2D eigenvalue weighted by molar-refractivity contribution is 6.33. The number of aromatic nitrogens is 1. The lowest BCUT2D eigenvalue weighted by atomic mass is 10.0. The first-order chi connectivity index (χ1) is 13.3. The van der Waals surface area contributed by atoms with Gasteiger partial charge >= 0.3 is 0 Å². The Morgan fingerprint density at radius 3 is 2.75 bits per heavy atom. The number of nitro benzene ring substituents is 1. The molecule has 0 saturated heterocycles. The van der Waals surface area contributed by atoms with E-state index in [1.54, 1.807) is 0 Å². The molecular formula is C18H13ClFN3O5. The Labute approximate surface area is 163 Å². The number of aryl methyl sites for hydroxylation is 1. The van der Waals surface area contributed by atoms with Crippen LogP contribution in [0.5, 0.6) is 5.75 Å². The average molecular weight is 406 g/mol. The van der Waals surface area contributed by atoms with E-state index in [4.69, 9.17) is 20.9 Å². The van der Waals surface area contributed by atoms with Crippen LogP contribution in [0.2, 0.25) is 5.02 Å². The Morgan fingerprint density at radius 2 is 2.11 bits per heavy atom. The number of anilines is 1. The highest BCUT2D eigenvalue weighted by Gasteiger charge is 2.26. The number of hydrogen-bond donors (Lipinski definition) is 1. The predicted molar refractivity (Wildman–Crippen MR) is 99.2 cm³/mol. The summed E-state index contributed by atoms with van der Waals surface area (Å²) in [6.45, 7) is 1.48. The van der Waals surface area contributed by atoms with Crippen molar-refractivity contribution in [3.63, 3.8) is 0 Å². The fourth-order valence-electron chi connectivity index (χ4n) is 2.63. The second kappa shape index (κ2) is 7.65. The van der Waals surface area contributed by atoms with Gasteiger partial charge in [0.2, 0.25) is 0 Å². The number of nitrogens with zero attached hydrogens (tertiary/aromatic N) is 2. The summed E-state index contributed by atoms with van der Waals surface area (Å²) >= 11 is 6.07. The third-order valence-electron chi connectivity index (χ3n) is 3.93. The van der Waals surface area contributed by atoms with Crippen LogP contribution in [0.3, 0.4) is 0 Å². The van der Waals surface area contributed by atoms with Crippen molar-refractivity contribution < 1.29 is 23.4 Å². The minimum Gasteiger partial charge on any atom is -0.495 e. The summed E-state index contributed by atoms with van der Waals surface area (Å²) in [7, 11) is 1.35. The van der Waals surface area contributed by atoms with Crippen LogP contribution >= 0.6 is 11.6 Å². The summed E-state index contributed by atoms with van der Waals surface area (Å²) in [6.07, 6.45) is 0. The van der Waals surface area contributed by atoms with E-state index < -0.39 is 16.6 Å². The number of nitro groups is 1. The van der Waals surface area contributed by atoms with Crippen molar-refractivity contribution in [1.82, 2.24) is 5.16 Å². The zero-order chi connectivity index (χ0) is 20.4. The molecule has 28 heavy (non-hydrogen) atoms. The van der Waals surface area contributed by atoms with Gasteiger partial charge in [0.15, 0.2) is 0 Å². The summed E-state index contributed by atoms with van der Waals surface area (Å²) < 4.78 is 24.5. The predicted octanol–water partition coefficient (Wildman–Crippen LogP) is 4.61. The monoisotopic (exact) mass is 405 g/mol. The highest BCUT2D eigenvalue weighted by Crippen LogP contribution is 2.35. The molecule has 8 nitrogen and oxygen atoms in total. The highest BCUT2D eigenvalue weighted by atomic mass is 35.5. The van der Waals surface area contributed by atoms with Crippen LogP contribution in [0, 0.1) is 22.9 Å². The molecule has 10 heteroatoms. The van der Waals surface area contributed by atoms with E-state index in [2.05, 4.69) is 10.5 Å². The minimum absolute atomic E-state index is 0.0512. The van der Waals surface area contributed by atoms with E-state index in [0.29, 0.717) is 0 Å². The zero-order valence-corrected chi connectivity index (χ0v) is 15.4. The molecule has 0 aliphatic heterocycles. The van der Waals surface area contributed by atoms with Crippen LogP contribution in [0.1, 0.15) is 16.1 Å². The van der Waals surface area contributed by atoms with Gasteiger partial charge in [-0.25, -0.2) is 4.39 Å². The number of methoxy groups -OCH3 is 1. The normalized spacial score (nSPS) is 10.6. The summed E-state index contributed by atoms with van der Waals surface area (Å²) in [5.74, 6) is -1.07. The number of halogens is 2. The van der Waals surface area contributed by atoms with Crippen LogP contribution in [0.15, 0.2) is 40.9 Å². The maximum Gasteiger partial charge on any atom is 0.271 e. The molecule has 0 spiro atoms. The van der Waals surface area contributed by atoms with Gasteiger partial charge in [-0.2, -0.15) is 0 Å².